The van der Waals surface area contributed by atoms with E-state index in [9.17, 15) is 23.4 Å². The standard InChI is InChI=1S/C22H27N3O7S/c1-13(8-15-10-24-22-16(15)4-3-5-20(22)32-12-21(28)29)23-11-19(27)14-6-7-18(26)17(9-14)25-33(2,30)31/h3-7,9-10,13,19,23-27H,8,11-12H2,1-2H3,(H,28,29)/t13-,19+/m1/s1. The highest BCUT2D eigenvalue weighted by atomic mass is 32.2. The maximum atomic E-state index is 11.4. The summed E-state index contributed by atoms with van der Waals surface area (Å²) < 4.78 is 30.5. The van der Waals surface area contributed by atoms with Gasteiger partial charge in [0.05, 0.1) is 23.6 Å². The Morgan fingerprint density at radius 3 is 2.70 bits per heavy atom. The van der Waals surface area contributed by atoms with Crippen LogP contribution in [0.2, 0.25) is 0 Å². The number of carboxylic acids is 1. The highest BCUT2D eigenvalue weighted by molar-refractivity contribution is 7.92. The summed E-state index contributed by atoms with van der Waals surface area (Å²) in [6.45, 7) is 1.74. The number of aliphatic hydroxyl groups is 1. The van der Waals surface area contributed by atoms with Crippen molar-refractivity contribution in [2.75, 3.05) is 24.1 Å². The van der Waals surface area contributed by atoms with Crippen molar-refractivity contribution in [3.63, 3.8) is 0 Å². The summed E-state index contributed by atoms with van der Waals surface area (Å²) in [5.74, 6) is -0.824. The number of aromatic hydroxyl groups is 1. The zero-order valence-electron chi connectivity index (χ0n) is 18.2. The third kappa shape index (κ3) is 6.60. The van der Waals surface area contributed by atoms with Gasteiger partial charge in [-0.25, -0.2) is 13.2 Å². The minimum absolute atomic E-state index is 0.00168. The molecule has 0 saturated carbocycles. The molecule has 2 aromatic carbocycles. The van der Waals surface area contributed by atoms with E-state index in [0.29, 0.717) is 17.7 Å². The molecule has 0 spiro atoms. The number of anilines is 1. The number of H-pyrrole nitrogens is 1. The van der Waals surface area contributed by atoms with Crippen LogP contribution in [0.4, 0.5) is 5.69 Å². The van der Waals surface area contributed by atoms with E-state index in [-0.39, 0.29) is 24.0 Å². The number of benzene rings is 2. The van der Waals surface area contributed by atoms with Crippen LogP contribution in [-0.4, -0.2) is 60.1 Å². The third-order valence-electron chi connectivity index (χ3n) is 5.00. The number of nitrogens with one attached hydrogen (secondary N) is 3. The number of carbonyl (C=O) groups is 1. The average molecular weight is 478 g/mol. The molecule has 0 aliphatic rings. The van der Waals surface area contributed by atoms with Crippen molar-refractivity contribution >= 4 is 32.6 Å². The number of hydrogen-bond donors (Lipinski definition) is 6. The zero-order chi connectivity index (χ0) is 24.2. The van der Waals surface area contributed by atoms with Crippen molar-refractivity contribution in [1.82, 2.24) is 10.3 Å². The molecule has 0 aliphatic carbocycles. The number of aliphatic carboxylic acids is 1. The summed E-state index contributed by atoms with van der Waals surface area (Å²) in [4.78, 5) is 13.9. The molecule has 0 bridgehead atoms. The van der Waals surface area contributed by atoms with Crippen molar-refractivity contribution in [2.45, 2.75) is 25.5 Å². The molecule has 0 saturated heterocycles. The van der Waals surface area contributed by atoms with Crippen LogP contribution in [0, 0.1) is 0 Å². The number of phenols is 1. The lowest BCUT2D eigenvalue weighted by Crippen LogP contribution is -2.32. The fourth-order valence-corrected chi connectivity index (χ4v) is 4.05. The Morgan fingerprint density at radius 2 is 2.00 bits per heavy atom. The Hall–Kier alpha value is -3.28. The Kier molecular flexibility index (Phi) is 7.46. The number of aromatic amines is 1. The van der Waals surface area contributed by atoms with Crippen LogP contribution >= 0.6 is 0 Å². The first-order valence-corrected chi connectivity index (χ1v) is 12.1. The Bertz CT molecular complexity index is 1240. The van der Waals surface area contributed by atoms with Crippen molar-refractivity contribution in [3.05, 3.63) is 53.7 Å². The van der Waals surface area contributed by atoms with Crippen LogP contribution in [0.3, 0.4) is 0 Å². The zero-order valence-corrected chi connectivity index (χ0v) is 19.0. The van der Waals surface area contributed by atoms with Crippen LogP contribution < -0.4 is 14.8 Å². The summed E-state index contributed by atoms with van der Waals surface area (Å²) in [5, 5.41) is 33.4. The van der Waals surface area contributed by atoms with Gasteiger partial charge in [-0.15, -0.1) is 0 Å². The van der Waals surface area contributed by atoms with Crippen LogP contribution in [0.25, 0.3) is 10.9 Å². The van der Waals surface area contributed by atoms with Crippen molar-refractivity contribution in [2.24, 2.45) is 0 Å². The largest absolute Gasteiger partial charge is 0.506 e. The van der Waals surface area contributed by atoms with Crippen molar-refractivity contribution < 1.29 is 33.3 Å². The molecular weight excluding hydrogens is 450 g/mol. The number of aliphatic hydroxyl groups excluding tert-OH is 1. The lowest BCUT2D eigenvalue weighted by Gasteiger charge is -2.18. The first-order valence-electron chi connectivity index (χ1n) is 10.2. The Balaban J connectivity index is 1.63. The summed E-state index contributed by atoms with van der Waals surface area (Å²) in [6.07, 6.45) is 2.53. The fraction of sp³-hybridized carbons (Fsp3) is 0.318. The summed E-state index contributed by atoms with van der Waals surface area (Å²) in [5.41, 5.74) is 2.17. The second-order valence-electron chi connectivity index (χ2n) is 7.86. The molecule has 3 aromatic rings. The summed E-state index contributed by atoms with van der Waals surface area (Å²) in [7, 11) is -3.57. The predicted molar refractivity (Wildman–Crippen MR) is 124 cm³/mol. The van der Waals surface area contributed by atoms with E-state index in [0.717, 1.165) is 22.7 Å². The minimum Gasteiger partial charge on any atom is -0.506 e. The number of rotatable bonds is 11. The SMILES string of the molecule is C[C@H](Cc1c[nH]c2c(OCC(=O)O)cccc12)NC[C@H](O)c1ccc(O)c(NS(C)(=O)=O)c1. The molecular formula is C22H27N3O7S. The van der Waals surface area contributed by atoms with Crippen LogP contribution in [-0.2, 0) is 21.2 Å². The number of hydrogen-bond acceptors (Lipinski definition) is 7. The topological polar surface area (TPSA) is 161 Å². The number of phenolic OH excluding ortho intramolecular Hbond substituents is 1. The molecule has 0 aliphatic heterocycles. The molecule has 1 aromatic heterocycles. The van der Waals surface area contributed by atoms with E-state index < -0.39 is 28.7 Å². The van der Waals surface area contributed by atoms with Gasteiger partial charge in [0.25, 0.3) is 0 Å². The Morgan fingerprint density at radius 1 is 1.24 bits per heavy atom. The van der Waals surface area contributed by atoms with Gasteiger partial charge in [0.15, 0.2) is 6.61 Å². The molecule has 0 amide bonds. The van der Waals surface area contributed by atoms with Crippen molar-refractivity contribution in [3.8, 4) is 11.5 Å². The molecule has 0 unspecified atom stereocenters. The highest BCUT2D eigenvalue weighted by Crippen LogP contribution is 2.29. The molecule has 3 rings (SSSR count). The van der Waals surface area contributed by atoms with Gasteiger partial charge in [-0.2, -0.15) is 0 Å². The van der Waals surface area contributed by atoms with Gasteiger partial charge in [0, 0.05) is 24.2 Å². The maximum Gasteiger partial charge on any atom is 0.341 e. The molecule has 178 valence electrons. The normalized spacial score (nSPS) is 13.5. The summed E-state index contributed by atoms with van der Waals surface area (Å²) in [6, 6.07) is 9.64. The van der Waals surface area contributed by atoms with E-state index >= 15 is 0 Å². The van der Waals surface area contributed by atoms with Gasteiger partial charge >= 0.3 is 5.97 Å². The van der Waals surface area contributed by atoms with Gasteiger partial charge in [-0.05, 0) is 42.7 Å². The molecule has 33 heavy (non-hydrogen) atoms. The maximum absolute atomic E-state index is 11.4. The molecule has 6 N–H and O–H groups in total. The van der Waals surface area contributed by atoms with Crippen LogP contribution in [0.15, 0.2) is 42.6 Å². The smallest absolute Gasteiger partial charge is 0.341 e. The number of aromatic nitrogens is 1. The molecule has 1 heterocycles. The van der Waals surface area contributed by atoms with E-state index in [1.54, 1.807) is 12.1 Å². The molecule has 2 atom stereocenters. The lowest BCUT2D eigenvalue weighted by molar-refractivity contribution is -0.139. The van der Waals surface area contributed by atoms with E-state index in [4.69, 9.17) is 9.84 Å². The monoisotopic (exact) mass is 477 g/mol. The van der Waals surface area contributed by atoms with E-state index in [2.05, 4.69) is 15.0 Å². The minimum atomic E-state index is -3.57. The highest BCUT2D eigenvalue weighted by Gasteiger charge is 2.16. The number of carboxylic acid groups (broad SMARTS) is 1. The second kappa shape index (κ2) is 10.1. The van der Waals surface area contributed by atoms with Gasteiger partial charge in [-0.3, -0.25) is 4.72 Å². The number of ether oxygens (including phenoxy) is 1. The van der Waals surface area contributed by atoms with Gasteiger partial charge < -0.3 is 30.4 Å². The lowest BCUT2D eigenvalue weighted by atomic mass is 10.0. The number of para-hydroxylation sites is 1. The molecule has 0 fully saturated rings. The third-order valence-corrected chi connectivity index (χ3v) is 5.59. The average Bonchev–Trinajstić information content (AvgIpc) is 3.14. The first kappa shape index (κ1) is 24.4. The van der Waals surface area contributed by atoms with Gasteiger partial charge in [0.2, 0.25) is 10.0 Å². The quantitative estimate of drug-likeness (QED) is 0.228. The van der Waals surface area contributed by atoms with E-state index in [1.165, 1.54) is 18.2 Å². The summed E-state index contributed by atoms with van der Waals surface area (Å²) >= 11 is 0. The van der Waals surface area contributed by atoms with E-state index in [1.807, 2.05) is 19.2 Å². The number of sulfonamides is 1. The second-order valence-corrected chi connectivity index (χ2v) is 9.60. The number of fused-ring (bicyclic) bond motifs is 1. The van der Waals surface area contributed by atoms with Gasteiger partial charge in [-0.1, -0.05) is 18.2 Å². The predicted octanol–water partition coefficient (Wildman–Crippen LogP) is 1.96. The molecule has 11 heteroatoms. The van der Waals surface area contributed by atoms with Crippen LogP contribution in [0.1, 0.15) is 24.2 Å². The van der Waals surface area contributed by atoms with Crippen molar-refractivity contribution in [1.29, 1.82) is 0 Å². The molecule has 10 nitrogen and oxygen atoms in total. The fourth-order valence-electron chi connectivity index (χ4n) is 3.49. The molecule has 0 radical (unpaired) electrons. The first-order chi connectivity index (χ1) is 15.5. The van der Waals surface area contributed by atoms with Gasteiger partial charge in [0.1, 0.15) is 11.5 Å². The van der Waals surface area contributed by atoms with Crippen LogP contribution in [0.5, 0.6) is 11.5 Å². The Labute approximate surface area is 191 Å².